The molecule has 1 unspecified atom stereocenters. The van der Waals surface area contributed by atoms with E-state index in [-0.39, 0.29) is 6.10 Å². The minimum atomic E-state index is 0.0914. The molecule has 64 valence electrons. The summed E-state index contributed by atoms with van der Waals surface area (Å²) in [6.45, 7) is 0.705. The van der Waals surface area contributed by atoms with Crippen LogP contribution in [0.15, 0.2) is 12.1 Å². The van der Waals surface area contributed by atoms with Crippen molar-refractivity contribution in [2.24, 2.45) is 0 Å². The molecule has 0 aromatic heterocycles. The van der Waals surface area contributed by atoms with Crippen LogP contribution in [0.1, 0.15) is 11.7 Å². The number of benzene rings is 1. The summed E-state index contributed by atoms with van der Waals surface area (Å²) < 4.78 is 5.08. The lowest BCUT2D eigenvalue weighted by Gasteiger charge is -2.02. The maximum Gasteiger partial charge on any atom is 0.107 e. The maximum absolute atomic E-state index is 5.93. The van der Waals surface area contributed by atoms with Crippen LogP contribution in [0.2, 0.25) is 15.1 Å². The van der Waals surface area contributed by atoms with Crippen LogP contribution in [-0.4, -0.2) is 6.61 Å². The fourth-order valence-corrected chi connectivity index (χ4v) is 1.78. The van der Waals surface area contributed by atoms with Crippen molar-refractivity contribution in [2.45, 2.75) is 6.10 Å². The second-order valence-corrected chi connectivity index (χ2v) is 3.83. The summed E-state index contributed by atoms with van der Waals surface area (Å²) in [5, 5.41) is 1.62. The molecule has 1 atom stereocenters. The molecule has 1 fully saturated rings. The quantitative estimate of drug-likeness (QED) is 0.522. The highest BCUT2D eigenvalue weighted by Gasteiger charge is 2.28. The van der Waals surface area contributed by atoms with E-state index in [1.807, 2.05) is 0 Å². The zero-order valence-corrected chi connectivity index (χ0v) is 8.25. The third-order valence-electron chi connectivity index (χ3n) is 1.70. The van der Waals surface area contributed by atoms with Crippen LogP contribution in [0.5, 0.6) is 0 Å². The Hall–Kier alpha value is 0.0500. The maximum atomic E-state index is 5.93. The van der Waals surface area contributed by atoms with Crippen LogP contribution in [-0.2, 0) is 4.74 Å². The van der Waals surface area contributed by atoms with Gasteiger partial charge in [-0.05, 0) is 12.1 Å². The molecule has 1 aromatic carbocycles. The lowest BCUT2D eigenvalue weighted by Crippen LogP contribution is -1.83. The Kier molecular flexibility index (Phi) is 2.21. The van der Waals surface area contributed by atoms with E-state index in [4.69, 9.17) is 39.5 Å². The van der Waals surface area contributed by atoms with Gasteiger partial charge in [0.05, 0.1) is 16.7 Å². The van der Waals surface area contributed by atoms with Gasteiger partial charge in [-0.3, -0.25) is 0 Å². The summed E-state index contributed by atoms with van der Waals surface area (Å²) in [5.41, 5.74) is 0.883. The van der Waals surface area contributed by atoms with Crippen molar-refractivity contribution in [2.75, 3.05) is 6.61 Å². The van der Waals surface area contributed by atoms with Crippen molar-refractivity contribution in [3.05, 3.63) is 32.8 Å². The van der Waals surface area contributed by atoms with Crippen LogP contribution < -0.4 is 0 Å². The average molecular weight is 223 g/mol. The SMILES string of the molecule is Clc1cc(Cl)c(Cl)c(C2CO2)c1. The number of hydrogen-bond acceptors (Lipinski definition) is 1. The van der Waals surface area contributed by atoms with Gasteiger partial charge in [-0.15, -0.1) is 0 Å². The van der Waals surface area contributed by atoms with E-state index in [0.29, 0.717) is 21.7 Å². The Bertz CT molecular complexity index is 320. The van der Waals surface area contributed by atoms with Gasteiger partial charge in [0, 0.05) is 10.6 Å². The van der Waals surface area contributed by atoms with Crippen LogP contribution in [0, 0.1) is 0 Å². The molecular weight excluding hydrogens is 218 g/mol. The Morgan fingerprint density at radius 1 is 1.25 bits per heavy atom. The van der Waals surface area contributed by atoms with Gasteiger partial charge < -0.3 is 4.74 Å². The Balaban J connectivity index is 2.51. The summed E-state index contributed by atoms with van der Waals surface area (Å²) in [6.07, 6.45) is 0.0914. The number of epoxide rings is 1. The molecule has 1 aliphatic rings. The van der Waals surface area contributed by atoms with Crippen LogP contribution >= 0.6 is 34.8 Å². The van der Waals surface area contributed by atoms with E-state index >= 15 is 0 Å². The molecule has 12 heavy (non-hydrogen) atoms. The molecule has 1 saturated heterocycles. The van der Waals surface area contributed by atoms with Gasteiger partial charge in [-0.1, -0.05) is 34.8 Å². The second kappa shape index (κ2) is 3.08. The number of ether oxygens (including phenoxy) is 1. The lowest BCUT2D eigenvalue weighted by molar-refractivity contribution is 0.416. The van der Waals surface area contributed by atoms with E-state index in [9.17, 15) is 0 Å². The van der Waals surface area contributed by atoms with Crippen LogP contribution in [0.3, 0.4) is 0 Å². The van der Waals surface area contributed by atoms with Gasteiger partial charge in [0.1, 0.15) is 6.10 Å². The van der Waals surface area contributed by atoms with E-state index in [0.717, 1.165) is 5.56 Å². The van der Waals surface area contributed by atoms with Gasteiger partial charge in [0.2, 0.25) is 0 Å². The second-order valence-electron chi connectivity index (χ2n) is 2.61. The molecule has 0 N–H and O–H groups in total. The van der Waals surface area contributed by atoms with Gasteiger partial charge in [0.15, 0.2) is 0 Å². The third-order valence-corrected chi connectivity index (χ3v) is 2.74. The molecule has 4 heteroatoms. The van der Waals surface area contributed by atoms with Crippen molar-refractivity contribution in [3.63, 3.8) is 0 Å². The van der Waals surface area contributed by atoms with E-state index in [1.54, 1.807) is 12.1 Å². The van der Waals surface area contributed by atoms with Crippen molar-refractivity contribution in [3.8, 4) is 0 Å². The highest BCUT2D eigenvalue weighted by Crippen LogP contribution is 2.39. The predicted octanol–water partition coefficient (Wildman–Crippen LogP) is 3.72. The Labute approximate surface area is 85.2 Å². The first-order valence-corrected chi connectivity index (χ1v) is 4.58. The van der Waals surface area contributed by atoms with Crippen LogP contribution in [0.4, 0.5) is 0 Å². The fourth-order valence-electron chi connectivity index (χ4n) is 1.04. The molecule has 1 aromatic rings. The lowest BCUT2D eigenvalue weighted by atomic mass is 10.2. The molecule has 1 nitrogen and oxygen atoms in total. The highest BCUT2D eigenvalue weighted by atomic mass is 35.5. The fraction of sp³-hybridized carbons (Fsp3) is 0.250. The molecular formula is C8H5Cl3O. The first-order chi connectivity index (χ1) is 5.68. The predicted molar refractivity (Wildman–Crippen MR) is 50.2 cm³/mol. The molecule has 0 amide bonds. The minimum Gasteiger partial charge on any atom is -0.368 e. The molecule has 0 bridgehead atoms. The van der Waals surface area contributed by atoms with E-state index in [2.05, 4.69) is 0 Å². The molecule has 0 spiro atoms. The number of hydrogen-bond donors (Lipinski definition) is 0. The number of rotatable bonds is 1. The standard InChI is InChI=1S/C8H5Cl3O/c9-4-1-5(7-3-12-7)8(11)6(10)2-4/h1-2,7H,3H2. The summed E-state index contributed by atoms with van der Waals surface area (Å²) in [6, 6.07) is 3.41. The largest absolute Gasteiger partial charge is 0.368 e. The molecule has 1 aliphatic heterocycles. The summed E-state index contributed by atoms with van der Waals surface area (Å²) in [7, 11) is 0. The average Bonchev–Trinajstić information content (AvgIpc) is 2.79. The van der Waals surface area contributed by atoms with Crippen molar-refractivity contribution in [1.82, 2.24) is 0 Å². The van der Waals surface area contributed by atoms with Gasteiger partial charge >= 0.3 is 0 Å². The summed E-state index contributed by atoms with van der Waals surface area (Å²) in [5.74, 6) is 0. The van der Waals surface area contributed by atoms with Crippen molar-refractivity contribution >= 4 is 34.8 Å². The molecule has 2 rings (SSSR count). The molecule has 0 saturated carbocycles. The highest BCUT2D eigenvalue weighted by molar-refractivity contribution is 6.43. The summed E-state index contributed by atoms with van der Waals surface area (Å²) >= 11 is 17.5. The van der Waals surface area contributed by atoms with Crippen molar-refractivity contribution in [1.29, 1.82) is 0 Å². The van der Waals surface area contributed by atoms with Crippen LogP contribution in [0.25, 0.3) is 0 Å². The van der Waals surface area contributed by atoms with Gasteiger partial charge in [-0.2, -0.15) is 0 Å². The molecule has 1 heterocycles. The Morgan fingerprint density at radius 2 is 1.92 bits per heavy atom. The normalized spacial score (nSPS) is 21.1. The van der Waals surface area contributed by atoms with Gasteiger partial charge in [0.25, 0.3) is 0 Å². The zero-order valence-electron chi connectivity index (χ0n) is 5.98. The first-order valence-electron chi connectivity index (χ1n) is 3.44. The first kappa shape index (κ1) is 8.64. The smallest absolute Gasteiger partial charge is 0.107 e. The summed E-state index contributed by atoms with van der Waals surface area (Å²) in [4.78, 5) is 0. The molecule has 0 aliphatic carbocycles. The topological polar surface area (TPSA) is 12.5 Å². The third kappa shape index (κ3) is 1.55. The molecule has 0 radical (unpaired) electrons. The Morgan fingerprint density at radius 3 is 2.50 bits per heavy atom. The zero-order chi connectivity index (χ0) is 8.72. The monoisotopic (exact) mass is 222 g/mol. The minimum absolute atomic E-state index is 0.0914. The van der Waals surface area contributed by atoms with Gasteiger partial charge in [-0.25, -0.2) is 0 Å². The van der Waals surface area contributed by atoms with E-state index < -0.39 is 0 Å². The van der Waals surface area contributed by atoms with Crippen molar-refractivity contribution < 1.29 is 4.74 Å². The van der Waals surface area contributed by atoms with E-state index in [1.165, 1.54) is 0 Å². The number of halogens is 3.